The maximum atomic E-state index is 12.5. The van der Waals surface area contributed by atoms with Crippen LogP contribution in [0.5, 0.6) is 0 Å². The van der Waals surface area contributed by atoms with Crippen LogP contribution in [-0.4, -0.2) is 12.5 Å². The smallest absolute Gasteiger partial charge is 0.238 e. The van der Waals surface area contributed by atoms with Gasteiger partial charge in [-0.2, -0.15) is 0 Å². The molecule has 0 unspecified atom stereocenters. The highest BCUT2D eigenvalue weighted by molar-refractivity contribution is 5.93. The standard InChI is InChI=1S/C24H32N2O/c1-4-18-11-8-12-19(5-2)24(18)26-23(27)16-25-17(3)21-14-13-20-9-6-7-10-22(20)15-21/h8,11-15,17,25H,4-7,9-10,16H2,1-3H3,(H,26,27)/t17-/m0/s1. The van der Waals surface area contributed by atoms with E-state index in [2.05, 4.69) is 67.8 Å². The quantitative estimate of drug-likeness (QED) is 0.727. The molecule has 2 N–H and O–H groups in total. The van der Waals surface area contributed by atoms with Crippen molar-refractivity contribution < 1.29 is 4.79 Å². The van der Waals surface area contributed by atoms with Gasteiger partial charge in [0, 0.05) is 11.7 Å². The highest BCUT2D eigenvalue weighted by Gasteiger charge is 2.14. The zero-order chi connectivity index (χ0) is 19.2. The molecule has 3 rings (SSSR count). The van der Waals surface area contributed by atoms with Crippen molar-refractivity contribution >= 4 is 11.6 Å². The van der Waals surface area contributed by atoms with Crippen LogP contribution in [0.1, 0.15) is 67.5 Å². The maximum Gasteiger partial charge on any atom is 0.238 e. The van der Waals surface area contributed by atoms with Gasteiger partial charge in [0.15, 0.2) is 0 Å². The first kappa shape index (κ1) is 19.6. The number of amides is 1. The van der Waals surface area contributed by atoms with E-state index < -0.39 is 0 Å². The minimum atomic E-state index is 0.0235. The van der Waals surface area contributed by atoms with Crippen molar-refractivity contribution in [2.24, 2.45) is 0 Å². The average Bonchev–Trinajstić information content (AvgIpc) is 2.71. The van der Waals surface area contributed by atoms with Gasteiger partial charge in [-0.3, -0.25) is 4.79 Å². The third-order valence-corrected chi connectivity index (χ3v) is 5.70. The SMILES string of the molecule is CCc1cccc(CC)c1NC(=O)CN[C@@H](C)c1ccc2c(c1)CCCC2. The zero-order valence-electron chi connectivity index (χ0n) is 16.9. The number of fused-ring (bicyclic) bond motifs is 1. The van der Waals surface area contributed by atoms with Crippen molar-refractivity contribution in [3.63, 3.8) is 0 Å². The van der Waals surface area contributed by atoms with E-state index in [1.165, 1.54) is 53.5 Å². The van der Waals surface area contributed by atoms with E-state index in [-0.39, 0.29) is 11.9 Å². The summed E-state index contributed by atoms with van der Waals surface area (Å²) in [4.78, 5) is 12.5. The lowest BCUT2D eigenvalue weighted by molar-refractivity contribution is -0.115. The van der Waals surface area contributed by atoms with Crippen LogP contribution in [0.3, 0.4) is 0 Å². The first-order chi connectivity index (χ1) is 13.1. The summed E-state index contributed by atoms with van der Waals surface area (Å²) in [6, 6.07) is 13.2. The predicted octanol–water partition coefficient (Wildman–Crippen LogP) is 4.98. The monoisotopic (exact) mass is 364 g/mol. The van der Waals surface area contributed by atoms with Crippen LogP contribution >= 0.6 is 0 Å². The van der Waals surface area contributed by atoms with Gasteiger partial charge in [-0.05, 0) is 73.3 Å². The van der Waals surface area contributed by atoms with Gasteiger partial charge in [0.1, 0.15) is 0 Å². The maximum absolute atomic E-state index is 12.5. The Balaban J connectivity index is 1.61. The zero-order valence-corrected chi connectivity index (χ0v) is 16.9. The molecule has 3 heteroatoms. The summed E-state index contributed by atoms with van der Waals surface area (Å²) in [5, 5.41) is 6.52. The first-order valence-corrected chi connectivity index (χ1v) is 10.4. The largest absolute Gasteiger partial charge is 0.324 e. The average molecular weight is 365 g/mol. The Hall–Kier alpha value is -2.13. The van der Waals surface area contributed by atoms with E-state index in [4.69, 9.17) is 0 Å². The van der Waals surface area contributed by atoms with Crippen molar-refractivity contribution in [3.05, 3.63) is 64.2 Å². The number of carbonyl (C=O) groups excluding carboxylic acids is 1. The number of rotatable bonds is 7. The summed E-state index contributed by atoms with van der Waals surface area (Å²) in [6.45, 7) is 6.70. The van der Waals surface area contributed by atoms with Crippen LogP contribution in [-0.2, 0) is 30.5 Å². The van der Waals surface area contributed by atoms with Crippen LogP contribution in [0.15, 0.2) is 36.4 Å². The minimum Gasteiger partial charge on any atom is -0.324 e. The van der Waals surface area contributed by atoms with E-state index in [0.717, 1.165) is 18.5 Å². The van der Waals surface area contributed by atoms with Crippen molar-refractivity contribution in [3.8, 4) is 0 Å². The molecule has 0 saturated heterocycles. The van der Waals surface area contributed by atoms with Crippen LogP contribution in [0.4, 0.5) is 5.69 Å². The molecule has 0 heterocycles. The summed E-state index contributed by atoms with van der Waals surface area (Å²) < 4.78 is 0. The van der Waals surface area contributed by atoms with Crippen LogP contribution in [0.25, 0.3) is 0 Å². The second kappa shape index (κ2) is 9.18. The molecule has 1 aliphatic carbocycles. The fourth-order valence-electron chi connectivity index (χ4n) is 3.97. The van der Waals surface area contributed by atoms with Gasteiger partial charge < -0.3 is 10.6 Å². The summed E-state index contributed by atoms with van der Waals surface area (Å²) >= 11 is 0. The highest BCUT2D eigenvalue weighted by Crippen LogP contribution is 2.25. The number of hydrogen-bond acceptors (Lipinski definition) is 2. The number of anilines is 1. The molecule has 1 aliphatic rings. The number of hydrogen-bond donors (Lipinski definition) is 2. The third kappa shape index (κ3) is 4.78. The molecule has 0 aromatic heterocycles. The van der Waals surface area contributed by atoms with Gasteiger partial charge in [-0.1, -0.05) is 50.2 Å². The second-order valence-electron chi connectivity index (χ2n) is 7.54. The number of carbonyl (C=O) groups is 1. The minimum absolute atomic E-state index is 0.0235. The van der Waals surface area contributed by atoms with Gasteiger partial charge >= 0.3 is 0 Å². The molecule has 2 aromatic rings. The van der Waals surface area contributed by atoms with E-state index in [0.29, 0.717) is 6.54 Å². The fourth-order valence-corrected chi connectivity index (χ4v) is 3.97. The fraction of sp³-hybridized carbons (Fsp3) is 0.458. The molecule has 0 fully saturated rings. The Kier molecular flexibility index (Phi) is 6.68. The molecule has 1 amide bonds. The number of benzene rings is 2. The number of nitrogens with one attached hydrogen (secondary N) is 2. The molecule has 0 aliphatic heterocycles. The highest BCUT2D eigenvalue weighted by atomic mass is 16.1. The number of aryl methyl sites for hydroxylation is 4. The third-order valence-electron chi connectivity index (χ3n) is 5.70. The number of para-hydroxylation sites is 1. The molecular formula is C24H32N2O. The van der Waals surface area contributed by atoms with E-state index in [1.54, 1.807) is 0 Å². The topological polar surface area (TPSA) is 41.1 Å². The van der Waals surface area contributed by atoms with Gasteiger partial charge in [0.25, 0.3) is 0 Å². The van der Waals surface area contributed by atoms with Crippen LogP contribution in [0.2, 0.25) is 0 Å². The molecule has 1 atom stereocenters. The molecule has 0 bridgehead atoms. The van der Waals surface area contributed by atoms with Gasteiger partial charge in [0.05, 0.1) is 6.54 Å². The van der Waals surface area contributed by atoms with E-state index >= 15 is 0 Å². The summed E-state index contributed by atoms with van der Waals surface area (Å²) in [7, 11) is 0. The lowest BCUT2D eigenvalue weighted by Gasteiger charge is -2.20. The lowest BCUT2D eigenvalue weighted by atomic mass is 9.89. The molecule has 0 spiro atoms. The molecule has 0 saturated carbocycles. The Morgan fingerprint density at radius 1 is 1.00 bits per heavy atom. The van der Waals surface area contributed by atoms with E-state index in [9.17, 15) is 4.79 Å². The predicted molar refractivity (Wildman–Crippen MR) is 113 cm³/mol. The van der Waals surface area contributed by atoms with Gasteiger partial charge in [-0.15, -0.1) is 0 Å². The molecular weight excluding hydrogens is 332 g/mol. The van der Waals surface area contributed by atoms with Crippen LogP contribution < -0.4 is 10.6 Å². The Bertz CT molecular complexity index is 775. The van der Waals surface area contributed by atoms with E-state index in [1.807, 2.05) is 0 Å². The normalized spacial score (nSPS) is 14.5. The second-order valence-corrected chi connectivity index (χ2v) is 7.54. The van der Waals surface area contributed by atoms with Crippen molar-refractivity contribution in [2.45, 2.75) is 65.3 Å². The Morgan fingerprint density at radius 3 is 2.33 bits per heavy atom. The van der Waals surface area contributed by atoms with Gasteiger partial charge in [-0.25, -0.2) is 0 Å². The van der Waals surface area contributed by atoms with Crippen molar-refractivity contribution in [1.29, 1.82) is 0 Å². The summed E-state index contributed by atoms with van der Waals surface area (Å²) in [6.07, 6.45) is 6.82. The molecule has 3 nitrogen and oxygen atoms in total. The van der Waals surface area contributed by atoms with Crippen molar-refractivity contribution in [1.82, 2.24) is 5.32 Å². The molecule has 2 aromatic carbocycles. The first-order valence-electron chi connectivity index (χ1n) is 10.4. The van der Waals surface area contributed by atoms with Crippen LogP contribution in [0, 0.1) is 0 Å². The Morgan fingerprint density at radius 2 is 1.67 bits per heavy atom. The molecule has 0 radical (unpaired) electrons. The van der Waals surface area contributed by atoms with Crippen molar-refractivity contribution in [2.75, 3.05) is 11.9 Å². The summed E-state index contributed by atoms with van der Waals surface area (Å²) in [5.74, 6) is 0.0235. The summed E-state index contributed by atoms with van der Waals surface area (Å²) in [5.41, 5.74) is 7.65. The molecule has 27 heavy (non-hydrogen) atoms. The molecule has 144 valence electrons. The lowest BCUT2D eigenvalue weighted by Crippen LogP contribution is -2.30. The van der Waals surface area contributed by atoms with Gasteiger partial charge in [0.2, 0.25) is 5.91 Å². The Labute approximate surface area is 163 Å².